The van der Waals surface area contributed by atoms with Crippen molar-refractivity contribution >= 4 is 29.5 Å². The number of hydrogen-bond acceptors (Lipinski definition) is 3. The molecule has 3 aromatic rings. The molecule has 0 saturated heterocycles. The molecule has 0 bridgehead atoms. The van der Waals surface area contributed by atoms with Crippen molar-refractivity contribution in [2.75, 3.05) is 6.54 Å². The number of carbonyl (C=O) groups excluding carboxylic acids is 2. The van der Waals surface area contributed by atoms with Crippen LogP contribution in [0, 0.1) is 13.8 Å². The zero-order valence-corrected chi connectivity index (χ0v) is 17.6. The van der Waals surface area contributed by atoms with E-state index in [4.69, 9.17) is 16.0 Å². The van der Waals surface area contributed by atoms with Crippen molar-refractivity contribution < 1.29 is 14.0 Å². The fourth-order valence-electron chi connectivity index (χ4n) is 2.86. The first-order valence-corrected chi connectivity index (χ1v) is 9.96. The van der Waals surface area contributed by atoms with Gasteiger partial charge in [-0.25, -0.2) is 0 Å². The van der Waals surface area contributed by atoms with Crippen LogP contribution in [0.5, 0.6) is 0 Å². The molecule has 0 fully saturated rings. The molecule has 0 saturated carbocycles. The summed E-state index contributed by atoms with van der Waals surface area (Å²) in [5.74, 6) is -0.290. The summed E-state index contributed by atoms with van der Waals surface area (Å²) in [6.45, 7) is 4.31. The van der Waals surface area contributed by atoms with E-state index in [1.165, 1.54) is 12.3 Å². The van der Waals surface area contributed by atoms with Gasteiger partial charge in [0.15, 0.2) is 0 Å². The summed E-state index contributed by atoms with van der Waals surface area (Å²) in [7, 11) is 0. The van der Waals surface area contributed by atoms with Crippen molar-refractivity contribution in [3.8, 4) is 0 Å². The normalized spacial score (nSPS) is 11.2. The Labute approximate surface area is 180 Å². The third-order valence-corrected chi connectivity index (χ3v) is 4.92. The van der Waals surface area contributed by atoms with Crippen molar-refractivity contribution in [2.24, 2.45) is 0 Å². The van der Waals surface area contributed by atoms with Crippen LogP contribution in [-0.4, -0.2) is 18.4 Å². The molecule has 154 valence electrons. The van der Waals surface area contributed by atoms with E-state index >= 15 is 0 Å². The highest BCUT2D eigenvalue weighted by molar-refractivity contribution is 6.30. The maximum atomic E-state index is 12.8. The number of amides is 2. The second-order valence-corrected chi connectivity index (χ2v) is 7.40. The highest BCUT2D eigenvalue weighted by atomic mass is 35.5. The Kier molecular flexibility index (Phi) is 7.09. The lowest BCUT2D eigenvalue weighted by atomic mass is 10.1. The molecule has 1 heterocycles. The maximum absolute atomic E-state index is 12.8. The highest BCUT2D eigenvalue weighted by Crippen LogP contribution is 2.13. The average Bonchev–Trinajstić information content (AvgIpc) is 3.22. The second kappa shape index (κ2) is 9.94. The van der Waals surface area contributed by atoms with Crippen molar-refractivity contribution in [3.05, 3.63) is 99.6 Å². The number of hydrogen-bond donors (Lipinski definition) is 2. The predicted octanol–water partition coefficient (Wildman–Crippen LogP) is 4.68. The Hall–Kier alpha value is -3.31. The molecule has 2 aromatic carbocycles. The molecular formula is C24H23ClN2O3. The first-order chi connectivity index (χ1) is 14.4. The molecule has 5 nitrogen and oxygen atoms in total. The predicted molar refractivity (Wildman–Crippen MR) is 118 cm³/mol. The van der Waals surface area contributed by atoms with Gasteiger partial charge in [0.25, 0.3) is 11.8 Å². The van der Waals surface area contributed by atoms with Gasteiger partial charge in [0, 0.05) is 23.2 Å². The van der Waals surface area contributed by atoms with E-state index in [1.54, 1.807) is 30.3 Å². The van der Waals surface area contributed by atoms with Crippen LogP contribution in [0.2, 0.25) is 5.02 Å². The van der Waals surface area contributed by atoms with E-state index < -0.39 is 5.91 Å². The molecule has 0 aliphatic rings. The number of halogens is 1. The second-order valence-electron chi connectivity index (χ2n) is 6.96. The summed E-state index contributed by atoms with van der Waals surface area (Å²) in [6, 6.07) is 16.3. The van der Waals surface area contributed by atoms with E-state index in [-0.39, 0.29) is 11.6 Å². The third-order valence-electron chi connectivity index (χ3n) is 4.68. The summed E-state index contributed by atoms with van der Waals surface area (Å²) in [4.78, 5) is 25.5. The molecule has 2 N–H and O–H groups in total. The fourth-order valence-corrected chi connectivity index (χ4v) is 3.07. The third kappa shape index (κ3) is 5.84. The summed E-state index contributed by atoms with van der Waals surface area (Å²) >= 11 is 6.00. The highest BCUT2D eigenvalue weighted by Gasteiger charge is 2.15. The van der Waals surface area contributed by atoms with Crippen molar-refractivity contribution in [3.63, 3.8) is 0 Å². The minimum absolute atomic E-state index is 0.110. The molecule has 0 atom stereocenters. The molecule has 30 heavy (non-hydrogen) atoms. The molecule has 0 unspecified atom stereocenters. The lowest BCUT2D eigenvalue weighted by molar-refractivity contribution is -0.117. The van der Waals surface area contributed by atoms with Gasteiger partial charge in [0.2, 0.25) is 0 Å². The van der Waals surface area contributed by atoms with Crippen molar-refractivity contribution in [2.45, 2.75) is 20.3 Å². The van der Waals surface area contributed by atoms with Crippen LogP contribution in [0.15, 0.2) is 71.0 Å². The lowest BCUT2D eigenvalue weighted by Gasteiger charge is -2.12. The minimum atomic E-state index is -0.398. The molecule has 0 spiro atoms. The van der Waals surface area contributed by atoms with E-state index in [1.807, 2.05) is 38.1 Å². The lowest BCUT2D eigenvalue weighted by Crippen LogP contribution is -2.35. The Morgan fingerprint density at radius 1 is 1.03 bits per heavy atom. The van der Waals surface area contributed by atoms with Gasteiger partial charge in [-0.1, -0.05) is 29.8 Å². The van der Waals surface area contributed by atoms with Crippen LogP contribution in [0.25, 0.3) is 6.08 Å². The maximum Gasteiger partial charge on any atom is 0.267 e. The Bertz CT molecular complexity index is 1070. The van der Waals surface area contributed by atoms with Gasteiger partial charge in [-0.05, 0) is 73.4 Å². The van der Waals surface area contributed by atoms with E-state index in [9.17, 15) is 9.59 Å². The monoisotopic (exact) mass is 422 g/mol. The minimum Gasteiger partial charge on any atom is -0.465 e. The van der Waals surface area contributed by atoms with Gasteiger partial charge in [-0.3, -0.25) is 9.59 Å². The fraction of sp³-hybridized carbons (Fsp3) is 0.167. The van der Waals surface area contributed by atoms with Crippen LogP contribution in [-0.2, 0) is 11.2 Å². The van der Waals surface area contributed by atoms with Crippen LogP contribution < -0.4 is 10.6 Å². The van der Waals surface area contributed by atoms with Gasteiger partial charge in [0.1, 0.15) is 11.5 Å². The van der Waals surface area contributed by atoms with Gasteiger partial charge in [0.05, 0.1) is 6.26 Å². The van der Waals surface area contributed by atoms with Crippen LogP contribution in [0.4, 0.5) is 0 Å². The van der Waals surface area contributed by atoms with Crippen LogP contribution in [0.3, 0.4) is 0 Å². The number of benzene rings is 2. The largest absolute Gasteiger partial charge is 0.465 e. The van der Waals surface area contributed by atoms with Crippen molar-refractivity contribution in [1.29, 1.82) is 0 Å². The number of rotatable bonds is 7. The van der Waals surface area contributed by atoms with Gasteiger partial charge in [-0.2, -0.15) is 0 Å². The zero-order chi connectivity index (χ0) is 21.5. The Morgan fingerprint density at radius 3 is 2.57 bits per heavy atom. The summed E-state index contributed by atoms with van der Waals surface area (Å²) in [5.41, 5.74) is 3.70. The number of nitrogens with one attached hydrogen (secondary N) is 2. The summed E-state index contributed by atoms with van der Waals surface area (Å²) in [6.07, 6.45) is 3.63. The number of carbonyl (C=O) groups is 2. The molecule has 1 aromatic heterocycles. The summed E-state index contributed by atoms with van der Waals surface area (Å²) in [5, 5.41) is 6.19. The Balaban J connectivity index is 1.71. The first kappa shape index (κ1) is 21.4. The topological polar surface area (TPSA) is 71.3 Å². The summed E-state index contributed by atoms with van der Waals surface area (Å²) < 4.78 is 5.30. The van der Waals surface area contributed by atoms with Crippen LogP contribution in [0.1, 0.15) is 32.8 Å². The molecule has 2 amide bonds. The van der Waals surface area contributed by atoms with E-state index in [0.29, 0.717) is 29.3 Å². The smallest absolute Gasteiger partial charge is 0.267 e. The quantitative estimate of drug-likeness (QED) is 0.543. The molecule has 0 aliphatic carbocycles. The SMILES string of the molecule is Cc1ccc(C(=O)NC(=Cc2ccco2)C(=O)NCCc2cccc(Cl)c2)cc1C. The molecular weight excluding hydrogens is 400 g/mol. The van der Waals surface area contributed by atoms with Gasteiger partial charge >= 0.3 is 0 Å². The number of aryl methyl sites for hydroxylation is 2. The van der Waals surface area contributed by atoms with Gasteiger partial charge in [-0.15, -0.1) is 0 Å². The van der Waals surface area contributed by atoms with E-state index in [0.717, 1.165) is 16.7 Å². The van der Waals surface area contributed by atoms with Crippen LogP contribution >= 0.6 is 11.6 Å². The molecule has 0 aliphatic heterocycles. The first-order valence-electron chi connectivity index (χ1n) is 9.59. The standard InChI is InChI=1S/C24H23ClN2O3/c1-16-8-9-19(13-17(16)2)23(28)27-22(15-21-7-4-12-30-21)24(29)26-11-10-18-5-3-6-20(25)14-18/h3-9,12-15H,10-11H2,1-2H3,(H,26,29)(H,27,28). The average molecular weight is 423 g/mol. The number of furan rings is 1. The van der Waals surface area contributed by atoms with E-state index in [2.05, 4.69) is 10.6 Å². The molecule has 3 rings (SSSR count). The molecule has 6 heteroatoms. The van der Waals surface area contributed by atoms with Gasteiger partial charge < -0.3 is 15.1 Å². The Morgan fingerprint density at radius 2 is 1.87 bits per heavy atom. The molecule has 0 radical (unpaired) electrons. The zero-order valence-electron chi connectivity index (χ0n) is 16.9. The van der Waals surface area contributed by atoms with Crippen molar-refractivity contribution in [1.82, 2.24) is 10.6 Å².